The van der Waals surface area contributed by atoms with E-state index in [2.05, 4.69) is 5.32 Å². The molecular formula is C11H9F3N2O. The summed E-state index contributed by atoms with van der Waals surface area (Å²) in [6.07, 6.45) is -4.59. The molecule has 0 aliphatic rings. The van der Waals surface area contributed by atoms with Crippen LogP contribution in [0.1, 0.15) is 22.8 Å². The Morgan fingerprint density at radius 2 is 2.00 bits per heavy atom. The lowest BCUT2D eigenvalue weighted by Gasteiger charge is -2.13. The third kappa shape index (κ3) is 3.21. The van der Waals surface area contributed by atoms with Gasteiger partial charge in [0.15, 0.2) is 0 Å². The van der Waals surface area contributed by atoms with Gasteiger partial charge in [0.25, 0.3) is 5.91 Å². The van der Waals surface area contributed by atoms with E-state index in [1.165, 1.54) is 19.1 Å². The van der Waals surface area contributed by atoms with Gasteiger partial charge in [-0.2, -0.15) is 18.4 Å². The molecule has 0 saturated carbocycles. The molecule has 0 aliphatic heterocycles. The maximum atomic E-state index is 12.6. The quantitative estimate of drug-likeness (QED) is 0.865. The molecule has 0 saturated heterocycles. The monoisotopic (exact) mass is 242 g/mol. The number of halogens is 3. The van der Waals surface area contributed by atoms with Gasteiger partial charge in [0.1, 0.15) is 6.04 Å². The first-order valence-electron chi connectivity index (χ1n) is 4.73. The summed E-state index contributed by atoms with van der Waals surface area (Å²) >= 11 is 0. The van der Waals surface area contributed by atoms with Gasteiger partial charge in [-0.25, -0.2) is 0 Å². The van der Waals surface area contributed by atoms with Gasteiger partial charge in [-0.05, 0) is 19.1 Å². The minimum absolute atomic E-state index is 0.484. The molecule has 0 radical (unpaired) electrons. The van der Waals surface area contributed by atoms with Gasteiger partial charge in [0, 0.05) is 0 Å². The lowest BCUT2D eigenvalue weighted by Crippen LogP contribution is -2.32. The smallest absolute Gasteiger partial charge is 0.337 e. The number of rotatable bonds is 2. The largest absolute Gasteiger partial charge is 0.417 e. The molecule has 1 aromatic rings. The number of hydrogen-bond acceptors (Lipinski definition) is 2. The summed E-state index contributed by atoms with van der Waals surface area (Å²) in [5.41, 5.74) is -1.50. The lowest BCUT2D eigenvalue weighted by atomic mass is 10.1. The molecule has 1 aromatic carbocycles. The van der Waals surface area contributed by atoms with Gasteiger partial charge in [0.2, 0.25) is 0 Å². The van der Waals surface area contributed by atoms with Gasteiger partial charge < -0.3 is 5.32 Å². The van der Waals surface area contributed by atoms with Crippen LogP contribution in [0.2, 0.25) is 0 Å². The summed E-state index contributed by atoms with van der Waals surface area (Å²) in [6, 6.07) is 5.30. The summed E-state index contributed by atoms with van der Waals surface area (Å²) in [4.78, 5) is 11.5. The van der Waals surface area contributed by atoms with Crippen LogP contribution in [0.15, 0.2) is 24.3 Å². The molecule has 0 fully saturated rings. The van der Waals surface area contributed by atoms with Gasteiger partial charge in [-0.1, -0.05) is 12.1 Å². The molecule has 17 heavy (non-hydrogen) atoms. The summed E-state index contributed by atoms with van der Waals surface area (Å²) in [5.74, 6) is -0.910. The van der Waals surface area contributed by atoms with E-state index in [1.54, 1.807) is 6.07 Å². The van der Waals surface area contributed by atoms with Crippen LogP contribution in [0.25, 0.3) is 0 Å². The highest BCUT2D eigenvalue weighted by Gasteiger charge is 2.34. The van der Waals surface area contributed by atoms with E-state index in [-0.39, 0.29) is 0 Å². The molecule has 90 valence electrons. The Balaban J connectivity index is 3.07. The van der Waals surface area contributed by atoms with Gasteiger partial charge in [-0.15, -0.1) is 0 Å². The van der Waals surface area contributed by atoms with Crippen molar-refractivity contribution in [3.8, 4) is 6.07 Å². The van der Waals surface area contributed by atoms with Gasteiger partial charge in [0.05, 0.1) is 17.2 Å². The highest BCUT2D eigenvalue weighted by atomic mass is 19.4. The first kappa shape index (κ1) is 13.0. The maximum absolute atomic E-state index is 12.6. The zero-order valence-electron chi connectivity index (χ0n) is 8.88. The second kappa shape index (κ2) is 4.87. The summed E-state index contributed by atoms with van der Waals surface area (Å²) in [5, 5.41) is 10.6. The Morgan fingerprint density at radius 1 is 1.41 bits per heavy atom. The number of amides is 1. The van der Waals surface area contributed by atoms with Crippen LogP contribution in [0, 0.1) is 11.3 Å². The van der Waals surface area contributed by atoms with Gasteiger partial charge in [-0.3, -0.25) is 4.79 Å². The van der Waals surface area contributed by atoms with Crippen LogP contribution in [0.3, 0.4) is 0 Å². The van der Waals surface area contributed by atoms with Crippen LogP contribution in [-0.4, -0.2) is 11.9 Å². The fraction of sp³-hybridized carbons (Fsp3) is 0.273. The van der Waals surface area contributed by atoms with Crippen LogP contribution < -0.4 is 5.32 Å². The fourth-order valence-corrected chi connectivity index (χ4v) is 1.23. The molecule has 0 aromatic heterocycles. The normalized spacial score (nSPS) is 12.6. The number of alkyl halides is 3. The maximum Gasteiger partial charge on any atom is 0.417 e. The number of carbonyl (C=O) groups excluding carboxylic acids is 1. The van der Waals surface area contributed by atoms with Gasteiger partial charge >= 0.3 is 6.18 Å². The first-order chi connectivity index (χ1) is 7.86. The van der Waals surface area contributed by atoms with E-state index in [0.717, 1.165) is 12.1 Å². The highest BCUT2D eigenvalue weighted by Crippen LogP contribution is 2.31. The zero-order valence-corrected chi connectivity index (χ0v) is 8.88. The average Bonchev–Trinajstić information content (AvgIpc) is 2.27. The van der Waals surface area contributed by atoms with Crippen molar-refractivity contribution in [2.24, 2.45) is 0 Å². The van der Waals surface area contributed by atoms with Crippen LogP contribution in [-0.2, 0) is 6.18 Å². The second-order valence-electron chi connectivity index (χ2n) is 3.37. The Kier molecular flexibility index (Phi) is 3.73. The lowest BCUT2D eigenvalue weighted by molar-refractivity contribution is -0.137. The van der Waals surface area contributed by atoms with E-state index in [0.29, 0.717) is 0 Å². The summed E-state index contributed by atoms with van der Waals surface area (Å²) in [6.45, 7) is 1.38. The minimum atomic E-state index is -4.59. The Hall–Kier alpha value is -2.03. The van der Waals surface area contributed by atoms with Crippen molar-refractivity contribution < 1.29 is 18.0 Å². The predicted molar refractivity (Wildman–Crippen MR) is 54.0 cm³/mol. The third-order valence-electron chi connectivity index (χ3n) is 2.02. The van der Waals surface area contributed by atoms with E-state index >= 15 is 0 Å². The predicted octanol–water partition coefficient (Wildman–Crippen LogP) is 2.35. The van der Waals surface area contributed by atoms with E-state index < -0.39 is 29.3 Å². The fourth-order valence-electron chi connectivity index (χ4n) is 1.23. The van der Waals surface area contributed by atoms with Crippen molar-refractivity contribution >= 4 is 5.91 Å². The van der Waals surface area contributed by atoms with E-state index in [9.17, 15) is 18.0 Å². The molecule has 3 nitrogen and oxygen atoms in total. The molecule has 1 amide bonds. The number of benzene rings is 1. The Labute approximate surface area is 95.9 Å². The summed E-state index contributed by atoms with van der Waals surface area (Å²) in [7, 11) is 0. The molecule has 0 spiro atoms. The molecule has 0 bridgehead atoms. The van der Waals surface area contributed by atoms with Crippen molar-refractivity contribution in [3.05, 3.63) is 35.4 Å². The minimum Gasteiger partial charge on any atom is -0.337 e. The van der Waals surface area contributed by atoms with Crippen molar-refractivity contribution in [1.82, 2.24) is 5.32 Å². The van der Waals surface area contributed by atoms with Crippen molar-refractivity contribution in [2.45, 2.75) is 19.1 Å². The van der Waals surface area contributed by atoms with Crippen molar-refractivity contribution in [3.63, 3.8) is 0 Å². The molecule has 1 N–H and O–H groups in total. The van der Waals surface area contributed by atoms with Crippen LogP contribution in [0.4, 0.5) is 13.2 Å². The number of hydrogen-bond donors (Lipinski definition) is 1. The molecular weight excluding hydrogens is 233 g/mol. The second-order valence-corrected chi connectivity index (χ2v) is 3.37. The SMILES string of the molecule is CC(C#N)NC(=O)c1ccccc1C(F)(F)F. The van der Waals surface area contributed by atoms with E-state index in [4.69, 9.17) is 5.26 Å². The summed E-state index contributed by atoms with van der Waals surface area (Å²) < 4.78 is 37.7. The number of nitrogens with zero attached hydrogens (tertiary/aromatic N) is 1. The molecule has 1 unspecified atom stereocenters. The topological polar surface area (TPSA) is 52.9 Å². The number of carbonyl (C=O) groups is 1. The van der Waals surface area contributed by atoms with Crippen LogP contribution >= 0.6 is 0 Å². The van der Waals surface area contributed by atoms with Crippen molar-refractivity contribution in [2.75, 3.05) is 0 Å². The molecule has 6 heteroatoms. The standard InChI is InChI=1S/C11H9F3N2O/c1-7(6-15)16-10(17)8-4-2-3-5-9(8)11(12,13)14/h2-5,7H,1H3,(H,16,17). The van der Waals surface area contributed by atoms with E-state index in [1.807, 2.05) is 0 Å². The average molecular weight is 242 g/mol. The highest BCUT2D eigenvalue weighted by molar-refractivity contribution is 5.96. The first-order valence-corrected chi connectivity index (χ1v) is 4.73. The Morgan fingerprint density at radius 3 is 2.53 bits per heavy atom. The molecule has 0 heterocycles. The van der Waals surface area contributed by atoms with Crippen molar-refractivity contribution in [1.29, 1.82) is 5.26 Å². The molecule has 1 rings (SSSR count). The zero-order chi connectivity index (χ0) is 13.1. The number of nitriles is 1. The number of nitrogens with one attached hydrogen (secondary N) is 1. The molecule has 0 aliphatic carbocycles. The van der Waals surface area contributed by atoms with Crippen LogP contribution in [0.5, 0.6) is 0 Å². The third-order valence-corrected chi connectivity index (χ3v) is 2.02. The Bertz CT molecular complexity index is 463. The molecule has 1 atom stereocenters.